The second-order valence-corrected chi connectivity index (χ2v) is 3.10. The fourth-order valence-electron chi connectivity index (χ4n) is 1.16. The Kier molecular flexibility index (Phi) is 7.65. The van der Waals surface area contributed by atoms with Gasteiger partial charge >= 0.3 is 5.97 Å². The molecule has 0 saturated heterocycles. The third-order valence-electron chi connectivity index (χ3n) is 1.96. The van der Waals surface area contributed by atoms with Crippen molar-refractivity contribution in [2.24, 2.45) is 5.92 Å². The summed E-state index contributed by atoms with van der Waals surface area (Å²) in [7, 11) is 0. The van der Waals surface area contributed by atoms with E-state index < -0.39 is 12.6 Å². The maximum absolute atomic E-state index is 12.4. The molecule has 0 amide bonds. The lowest BCUT2D eigenvalue weighted by Crippen LogP contribution is -2.19. The Morgan fingerprint density at radius 2 is 2.08 bits per heavy atom. The van der Waals surface area contributed by atoms with Crippen LogP contribution in [0.4, 0.5) is 4.39 Å². The van der Waals surface area contributed by atoms with E-state index in [1.807, 2.05) is 0 Å². The highest BCUT2D eigenvalue weighted by atomic mass is 19.1. The van der Waals surface area contributed by atoms with Crippen LogP contribution in [0.2, 0.25) is 0 Å². The Balaban J connectivity index is 3.67. The molecule has 1 atom stereocenters. The highest BCUT2D eigenvalue weighted by Gasteiger charge is 2.18. The average molecular weight is 190 g/mol. The van der Waals surface area contributed by atoms with Crippen LogP contribution in [-0.2, 0) is 9.53 Å². The van der Waals surface area contributed by atoms with Gasteiger partial charge in [0, 0.05) is 0 Å². The summed E-state index contributed by atoms with van der Waals surface area (Å²) in [6.45, 7) is 3.56. The van der Waals surface area contributed by atoms with Crippen molar-refractivity contribution < 1.29 is 13.9 Å². The molecule has 78 valence electrons. The van der Waals surface area contributed by atoms with E-state index in [1.165, 1.54) is 0 Å². The molecule has 0 aromatic carbocycles. The molecule has 0 aromatic heterocycles. The summed E-state index contributed by atoms with van der Waals surface area (Å²) in [4.78, 5) is 11.1. The van der Waals surface area contributed by atoms with E-state index in [4.69, 9.17) is 4.74 Å². The Bertz CT molecular complexity index is 137. The third-order valence-corrected chi connectivity index (χ3v) is 1.96. The van der Waals surface area contributed by atoms with Crippen molar-refractivity contribution in [2.45, 2.75) is 39.5 Å². The summed E-state index contributed by atoms with van der Waals surface area (Å²) in [5, 5.41) is 0. The lowest BCUT2D eigenvalue weighted by molar-refractivity contribution is -0.148. The number of ether oxygens (including phenoxy) is 1. The van der Waals surface area contributed by atoms with Crippen LogP contribution in [0.3, 0.4) is 0 Å². The van der Waals surface area contributed by atoms with Gasteiger partial charge < -0.3 is 4.74 Å². The predicted molar refractivity (Wildman–Crippen MR) is 50.2 cm³/mol. The van der Waals surface area contributed by atoms with Gasteiger partial charge in [-0.2, -0.15) is 0 Å². The van der Waals surface area contributed by atoms with Gasteiger partial charge in [0.05, 0.1) is 12.5 Å². The van der Waals surface area contributed by atoms with Crippen molar-refractivity contribution in [1.29, 1.82) is 0 Å². The SMILES string of the molecule is CCCCCC(CF)C(=O)OCC. The smallest absolute Gasteiger partial charge is 0.311 e. The molecule has 0 aliphatic heterocycles. The Morgan fingerprint density at radius 3 is 2.54 bits per heavy atom. The molecule has 0 radical (unpaired) electrons. The first-order valence-corrected chi connectivity index (χ1v) is 4.98. The molecule has 0 aliphatic carbocycles. The molecule has 1 unspecified atom stereocenters. The summed E-state index contributed by atoms with van der Waals surface area (Å²) >= 11 is 0. The molecule has 0 aromatic rings. The molecule has 0 fully saturated rings. The van der Waals surface area contributed by atoms with Crippen LogP contribution >= 0.6 is 0 Å². The maximum Gasteiger partial charge on any atom is 0.311 e. The number of carbonyl (C=O) groups excluding carboxylic acids is 1. The summed E-state index contributed by atoms with van der Waals surface area (Å²) in [6.07, 6.45) is 3.66. The van der Waals surface area contributed by atoms with Crippen LogP contribution in [0.25, 0.3) is 0 Å². The van der Waals surface area contributed by atoms with Crippen molar-refractivity contribution in [3.05, 3.63) is 0 Å². The van der Waals surface area contributed by atoms with Crippen LogP contribution in [0.1, 0.15) is 39.5 Å². The number of hydrogen-bond donors (Lipinski definition) is 0. The number of hydrogen-bond acceptors (Lipinski definition) is 2. The van der Waals surface area contributed by atoms with Crippen molar-refractivity contribution in [2.75, 3.05) is 13.3 Å². The lowest BCUT2D eigenvalue weighted by Gasteiger charge is -2.10. The summed E-state index contributed by atoms with van der Waals surface area (Å²) in [6, 6.07) is 0. The topological polar surface area (TPSA) is 26.3 Å². The zero-order valence-corrected chi connectivity index (χ0v) is 8.51. The van der Waals surface area contributed by atoms with E-state index in [2.05, 4.69) is 6.92 Å². The summed E-state index contributed by atoms with van der Waals surface area (Å²) in [5.74, 6) is -0.924. The molecular weight excluding hydrogens is 171 g/mol. The van der Waals surface area contributed by atoms with Crippen molar-refractivity contribution in [3.8, 4) is 0 Å². The molecule has 0 rings (SSSR count). The highest BCUT2D eigenvalue weighted by Crippen LogP contribution is 2.12. The normalized spacial score (nSPS) is 12.5. The van der Waals surface area contributed by atoms with Crippen LogP contribution in [0.15, 0.2) is 0 Å². The Labute approximate surface area is 79.5 Å². The third kappa shape index (κ3) is 5.61. The van der Waals surface area contributed by atoms with E-state index in [9.17, 15) is 9.18 Å². The number of alkyl halides is 1. The van der Waals surface area contributed by atoms with E-state index in [1.54, 1.807) is 6.92 Å². The minimum atomic E-state index is -0.595. The van der Waals surface area contributed by atoms with E-state index in [0.29, 0.717) is 13.0 Å². The van der Waals surface area contributed by atoms with Gasteiger partial charge in [-0.25, -0.2) is 0 Å². The number of carbonyl (C=O) groups is 1. The zero-order valence-electron chi connectivity index (χ0n) is 8.51. The highest BCUT2D eigenvalue weighted by molar-refractivity contribution is 5.72. The number of rotatable bonds is 7. The van der Waals surface area contributed by atoms with Gasteiger partial charge in [0.15, 0.2) is 0 Å². The van der Waals surface area contributed by atoms with Crippen LogP contribution < -0.4 is 0 Å². The molecule has 3 heteroatoms. The Morgan fingerprint density at radius 1 is 1.38 bits per heavy atom. The monoisotopic (exact) mass is 190 g/mol. The van der Waals surface area contributed by atoms with Gasteiger partial charge in [0.25, 0.3) is 0 Å². The first kappa shape index (κ1) is 12.4. The fraction of sp³-hybridized carbons (Fsp3) is 0.900. The predicted octanol–water partition coefficient (Wildman–Crippen LogP) is 2.72. The van der Waals surface area contributed by atoms with E-state index in [-0.39, 0.29) is 5.97 Å². The largest absolute Gasteiger partial charge is 0.466 e. The first-order chi connectivity index (χ1) is 6.26. The molecule has 2 nitrogen and oxygen atoms in total. The maximum atomic E-state index is 12.4. The van der Waals surface area contributed by atoms with Gasteiger partial charge in [-0.15, -0.1) is 0 Å². The van der Waals surface area contributed by atoms with Gasteiger partial charge in [-0.05, 0) is 13.3 Å². The first-order valence-electron chi connectivity index (χ1n) is 4.98. The molecule has 0 spiro atoms. The van der Waals surface area contributed by atoms with E-state index >= 15 is 0 Å². The molecule has 0 bridgehead atoms. The quantitative estimate of drug-likeness (QED) is 0.455. The zero-order chi connectivity index (χ0) is 10.1. The number of unbranched alkanes of at least 4 members (excludes halogenated alkanes) is 2. The number of esters is 1. The minimum absolute atomic E-state index is 0.336. The molecule has 13 heavy (non-hydrogen) atoms. The van der Waals surface area contributed by atoms with Crippen LogP contribution in [0.5, 0.6) is 0 Å². The molecule has 0 saturated carbocycles. The van der Waals surface area contributed by atoms with Crippen molar-refractivity contribution in [3.63, 3.8) is 0 Å². The van der Waals surface area contributed by atoms with E-state index in [0.717, 1.165) is 19.3 Å². The molecule has 0 aliphatic rings. The lowest BCUT2D eigenvalue weighted by atomic mass is 10.0. The van der Waals surface area contributed by atoms with Gasteiger partial charge in [-0.1, -0.05) is 26.2 Å². The van der Waals surface area contributed by atoms with Crippen molar-refractivity contribution >= 4 is 5.97 Å². The second-order valence-electron chi connectivity index (χ2n) is 3.10. The molecular formula is C10H19FO2. The summed E-state index contributed by atoms with van der Waals surface area (Å²) in [5.41, 5.74) is 0. The average Bonchev–Trinajstić information content (AvgIpc) is 2.13. The van der Waals surface area contributed by atoms with Gasteiger partial charge in [0.1, 0.15) is 6.67 Å². The minimum Gasteiger partial charge on any atom is -0.466 e. The van der Waals surface area contributed by atoms with Crippen LogP contribution in [0, 0.1) is 5.92 Å². The second kappa shape index (κ2) is 8.02. The van der Waals surface area contributed by atoms with Gasteiger partial charge in [0.2, 0.25) is 0 Å². The molecule has 0 N–H and O–H groups in total. The number of halogens is 1. The van der Waals surface area contributed by atoms with Crippen molar-refractivity contribution in [1.82, 2.24) is 0 Å². The Hall–Kier alpha value is -0.600. The standard InChI is InChI=1S/C10H19FO2/c1-3-5-6-7-9(8-11)10(12)13-4-2/h9H,3-8H2,1-2H3. The summed E-state index contributed by atoms with van der Waals surface area (Å²) < 4.78 is 17.1. The van der Waals surface area contributed by atoms with Gasteiger partial charge in [-0.3, -0.25) is 9.18 Å². The fourth-order valence-corrected chi connectivity index (χ4v) is 1.16. The molecule has 0 heterocycles. The van der Waals surface area contributed by atoms with Crippen LogP contribution in [-0.4, -0.2) is 19.3 Å².